The van der Waals surface area contributed by atoms with Crippen molar-refractivity contribution in [3.05, 3.63) is 28.2 Å². The molecule has 108 valence electrons. The Balaban J connectivity index is 1.83. The van der Waals surface area contributed by atoms with E-state index in [-0.39, 0.29) is 0 Å². The van der Waals surface area contributed by atoms with Crippen LogP contribution in [0.5, 0.6) is 5.75 Å². The minimum atomic E-state index is 0.375. The third kappa shape index (κ3) is 2.06. The molecule has 5 rings (SSSR count). The van der Waals surface area contributed by atoms with Gasteiger partial charge in [-0.2, -0.15) is 0 Å². The van der Waals surface area contributed by atoms with E-state index >= 15 is 0 Å². The van der Waals surface area contributed by atoms with Crippen LogP contribution >= 0.6 is 38.5 Å². The molecule has 0 amide bonds. The maximum absolute atomic E-state index is 5.70. The second-order valence-electron chi connectivity index (χ2n) is 7.24. The summed E-state index contributed by atoms with van der Waals surface area (Å²) in [7, 11) is 1.81. The van der Waals surface area contributed by atoms with Crippen molar-refractivity contribution in [2.45, 2.75) is 47.4 Å². The Morgan fingerprint density at radius 3 is 2.50 bits per heavy atom. The van der Waals surface area contributed by atoms with E-state index in [1.165, 1.54) is 48.6 Å². The molecule has 0 saturated heterocycles. The van der Waals surface area contributed by atoms with Crippen molar-refractivity contribution in [1.82, 2.24) is 0 Å². The predicted molar refractivity (Wildman–Crippen MR) is 93.8 cm³/mol. The highest BCUT2D eigenvalue weighted by atomic mass is 127. The highest BCUT2D eigenvalue weighted by Gasteiger charge is 2.57. The van der Waals surface area contributed by atoms with E-state index in [0.717, 1.165) is 17.6 Å². The van der Waals surface area contributed by atoms with E-state index in [1.807, 2.05) is 7.11 Å². The molecule has 0 aliphatic heterocycles. The number of benzene rings is 1. The first-order chi connectivity index (χ1) is 9.52. The molecule has 3 heteroatoms. The normalized spacial score (nSPS) is 42.0. The Morgan fingerprint density at radius 1 is 1.20 bits per heavy atom. The van der Waals surface area contributed by atoms with Gasteiger partial charge in [-0.1, -0.05) is 38.5 Å². The van der Waals surface area contributed by atoms with Crippen LogP contribution in [0.15, 0.2) is 22.7 Å². The zero-order valence-corrected chi connectivity index (χ0v) is 15.5. The first kappa shape index (κ1) is 13.9. The monoisotopic (exact) mass is 446 g/mol. The van der Waals surface area contributed by atoms with Crippen LogP contribution in [0.2, 0.25) is 0 Å². The Labute approximate surface area is 143 Å². The lowest BCUT2D eigenvalue weighted by Gasteiger charge is -2.60. The number of ether oxygens (including phenoxy) is 1. The van der Waals surface area contributed by atoms with Gasteiger partial charge in [0, 0.05) is 18.9 Å². The molecule has 0 radical (unpaired) electrons. The molecule has 4 fully saturated rings. The van der Waals surface area contributed by atoms with Crippen LogP contribution < -0.4 is 4.74 Å². The van der Waals surface area contributed by atoms with E-state index in [1.54, 1.807) is 0 Å². The van der Waals surface area contributed by atoms with Crippen molar-refractivity contribution in [3.63, 3.8) is 0 Å². The molecular formula is C17H20BrIO. The minimum Gasteiger partial charge on any atom is -0.496 e. The van der Waals surface area contributed by atoms with Crippen LogP contribution in [-0.4, -0.2) is 10.5 Å². The highest BCUT2D eigenvalue weighted by molar-refractivity contribution is 14.1. The lowest BCUT2D eigenvalue weighted by atomic mass is 9.48. The van der Waals surface area contributed by atoms with Gasteiger partial charge in [0.1, 0.15) is 5.75 Å². The molecular weight excluding hydrogens is 427 g/mol. The molecule has 4 aliphatic rings. The van der Waals surface area contributed by atoms with Crippen LogP contribution in [0, 0.1) is 11.8 Å². The summed E-state index contributed by atoms with van der Waals surface area (Å²) < 4.78 is 7.44. The van der Waals surface area contributed by atoms with Gasteiger partial charge < -0.3 is 4.74 Å². The molecule has 4 aliphatic carbocycles. The zero-order chi connectivity index (χ0) is 14.0. The fraction of sp³-hybridized carbons (Fsp3) is 0.647. The van der Waals surface area contributed by atoms with Gasteiger partial charge in [-0.05, 0) is 68.6 Å². The molecule has 0 N–H and O–H groups in total. The summed E-state index contributed by atoms with van der Waals surface area (Å²) in [5.74, 6) is 2.98. The molecule has 20 heavy (non-hydrogen) atoms. The van der Waals surface area contributed by atoms with Gasteiger partial charge in [-0.3, -0.25) is 0 Å². The van der Waals surface area contributed by atoms with Gasteiger partial charge >= 0.3 is 0 Å². The van der Waals surface area contributed by atoms with Crippen molar-refractivity contribution in [3.8, 4) is 5.75 Å². The Kier molecular flexibility index (Phi) is 3.20. The van der Waals surface area contributed by atoms with Gasteiger partial charge in [0.25, 0.3) is 0 Å². The number of hydrogen-bond donors (Lipinski definition) is 0. The fourth-order valence-electron chi connectivity index (χ4n) is 5.56. The maximum atomic E-state index is 5.70. The largest absolute Gasteiger partial charge is 0.496 e. The lowest BCUT2D eigenvalue weighted by Crippen LogP contribution is -2.54. The van der Waals surface area contributed by atoms with Crippen LogP contribution in [0.4, 0.5) is 0 Å². The summed E-state index contributed by atoms with van der Waals surface area (Å²) >= 11 is 6.44. The van der Waals surface area contributed by atoms with Crippen molar-refractivity contribution < 1.29 is 4.74 Å². The van der Waals surface area contributed by atoms with Gasteiger partial charge in [0.05, 0.1) is 7.11 Å². The fourth-order valence-corrected chi connectivity index (χ4v) is 7.90. The SMILES string of the molecule is COc1ccc(Br)cc1C12CC3C[C@H](CC(I)(C3)C1)C2. The van der Waals surface area contributed by atoms with Gasteiger partial charge in [0.2, 0.25) is 0 Å². The summed E-state index contributed by atoms with van der Waals surface area (Å²) in [5, 5.41) is 0. The number of methoxy groups -OCH3 is 1. The maximum Gasteiger partial charge on any atom is 0.122 e. The second kappa shape index (κ2) is 4.61. The molecule has 4 atom stereocenters. The Morgan fingerprint density at radius 2 is 1.90 bits per heavy atom. The quantitative estimate of drug-likeness (QED) is 0.431. The molecule has 4 bridgehead atoms. The van der Waals surface area contributed by atoms with Crippen LogP contribution in [0.1, 0.15) is 44.1 Å². The van der Waals surface area contributed by atoms with Crippen molar-refractivity contribution in [2.24, 2.45) is 11.8 Å². The van der Waals surface area contributed by atoms with E-state index in [4.69, 9.17) is 4.74 Å². The minimum absolute atomic E-state index is 0.375. The third-order valence-electron chi connectivity index (χ3n) is 5.72. The van der Waals surface area contributed by atoms with E-state index in [2.05, 4.69) is 56.7 Å². The molecule has 0 aromatic heterocycles. The van der Waals surface area contributed by atoms with Crippen LogP contribution in [0.25, 0.3) is 0 Å². The molecule has 0 heterocycles. The summed E-state index contributed by atoms with van der Waals surface area (Å²) in [4.78, 5) is 0. The first-order valence-corrected chi connectivity index (χ1v) is 9.42. The average molecular weight is 447 g/mol. The Bertz CT molecular complexity index is 542. The first-order valence-electron chi connectivity index (χ1n) is 7.55. The molecule has 0 spiro atoms. The van der Waals surface area contributed by atoms with Gasteiger partial charge in [-0.15, -0.1) is 0 Å². The van der Waals surface area contributed by atoms with E-state index in [0.29, 0.717) is 8.84 Å². The van der Waals surface area contributed by atoms with Crippen LogP contribution in [0.3, 0.4) is 0 Å². The van der Waals surface area contributed by atoms with E-state index in [9.17, 15) is 0 Å². The summed E-state index contributed by atoms with van der Waals surface area (Å²) in [6.45, 7) is 0. The third-order valence-corrected chi connectivity index (χ3v) is 7.48. The number of halogens is 2. The number of rotatable bonds is 2. The van der Waals surface area contributed by atoms with Crippen molar-refractivity contribution >= 4 is 38.5 Å². The molecule has 4 saturated carbocycles. The highest BCUT2D eigenvalue weighted by Crippen LogP contribution is 2.66. The average Bonchev–Trinajstić information content (AvgIpc) is 2.35. The van der Waals surface area contributed by atoms with Gasteiger partial charge in [0.15, 0.2) is 0 Å². The smallest absolute Gasteiger partial charge is 0.122 e. The molecule has 3 unspecified atom stereocenters. The second-order valence-corrected chi connectivity index (χ2v) is 10.4. The zero-order valence-electron chi connectivity index (χ0n) is 11.8. The molecule has 1 nitrogen and oxygen atoms in total. The van der Waals surface area contributed by atoms with E-state index < -0.39 is 0 Å². The summed E-state index contributed by atoms with van der Waals surface area (Å²) in [6.07, 6.45) is 8.47. The predicted octanol–water partition coefficient (Wildman–Crippen LogP) is 5.48. The van der Waals surface area contributed by atoms with Crippen molar-refractivity contribution in [2.75, 3.05) is 7.11 Å². The molecule has 1 aromatic carbocycles. The number of hydrogen-bond acceptors (Lipinski definition) is 1. The van der Waals surface area contributed by atoms with Crippen molar-refractivity contribution in [1.29, 1.82) is 0 Å². The van der Waals surface area contributed by atoms with Gasteiger partial charge in [-0.25, -0.2) is 0 Å². The molecule has 1 aromatic rings. The summed E-state index contributed by atoms with van der Waals surface area (Å²) in [5.41, 5.74) is 1.84. The number of alkyl halides is 1. The van der Waals surface area contributed by atoms with Crippen LogP contribution in [-0.2, 0) is 5.41 Å². The Hall–Kier alpha value is 0.230. The summed E-state index contributed by atoms with van der Waals surface area (Å²) in [6, 6.07) is 6.56. The topological polar surface area (TPSA) is 9.23 Å². The standard InChI is InChI=1S/C17H20BrIO/c1-20-15-3-2-13(18)5-14(15)16-6-11-4-12(7-16)9-17(19,8-11)10-16/h2-3,5,11-12H,4,6-10H2,1H3/t11-,12?,16?,17?/m0/s1. The lowest BCUT2D eigenvalue weighted by molar-refractivity contribution is 0.0177.